The molecule has 0 saturated carbocycles. The van der Waals surface area contributed by atoms with Crippen molar-refractivity contribution in [3.63, 3.8) is 0 Å². The van der Waals surface area contributed by atoms with E-state index < -0.39 is 0 Å². The second kappa shape index (κ2) is 7.24. The van der Waals surface area contributed by atoms with Crippen LogP contribution in [0.5, 0.6) is 0 Å². The van der Waals surface area contributed by atoms with E-state index in [-0.39, 0.29) is 18.5 Å². The maximum atomic E-state index is 9.70. The van der Waals surface area contributed by atoms with Gasteiger partial charge < -0.3 is 15.7 Å². The molecular formula is C13H25ClN4O. The molecule has 1 fully saturated rings. The van der Waals surface area contributed by atoms with Gasteiger partial charge in [0.2, 0.25) is 0 Å². The molecule has 6 heteroatoms. The average Bonchev–Trinajstić information content (AvgIpc) is 2.87. The first kappa shape index (κ1) is 16.4. The Kier molecular flexibility index (Phi) is 6.26. The zero-order valence-electron chi connectivity index (χ0n) is 11.9. The third-order valence-corrected chi connectivity index (χ3v) is 3.57. The molecule has 19 heavy (non-hydrogen) atoms. The van der Waals surface area contributed by atoms with Crippen molar-refractivity contribution in [1.82, 2.24) is 20.4 Å². The van der Waals surface area contributed by atoms with E-state index in [1.807, 2.05) is 11.6 Å². The Labute approximate surface area is 121 Å². The number of nitrogens with zero attached hydrogens (tertiary/aromatic N) is 2. The summed E-state index contributed by atoms with van der Waals surface area (Å²) in [5.74, 6) is 0.324. The van der Waals surface area contributed by atoms with E-state index in [1.54, 1.807) is 0 Å². The van der Waals surface area contributed by atoms with Crippen LogP contribution in [-0.4, -0.2) is 40.6 Å². The molecule has 0 aliphatic carbocycles. The molecule has 5 nitrogen and oxygen atoms in total. The van der Waals surface area contributed by atoms with Gasteiger partial charge in [-0.2, -0.15) is 5.10 Å². The van der Waals surface area contributed by atoms with Gasteiger partial charge in [0.25, 0.3) is 0 Å². The monoisotopic (exact) mass is 288 g/mol. The SMILES string of the molecule is Cc1nn(C(C)C)cc1CNCC1CNCC1O.Cl. The number of nitrogens with one attached hydrogen (secondary N) is 2. The first-order chi connectivity index (χ1) is 8.58. The lowest BCUT2D eigenvalue weighted by Gasteiger charge is -2.13. The molecule has 0 bridgehead atoms. The average molecular weight is 289 g/mol. The molecule has 0 amide bonds. The second-order valence-electron chi connectivity index (χ2n) is 5.43. The molecule has 0 spiro atoms. The topological polar surface area (TPSA) is 62.1 Å². The number of hydrogen-bond acceptors (Lipinski definition) is 4. The van der Waals surface area contributed by atoms with Crippen molar-refractivity contribution in [2.75, 3.05) is 19.6 Å². The number of hydrogen-bond donors (Lipinski definition) is 3. The number of aliphatic hydroxyl groups excluding tert-OH is 1. The van der Waals surface area contributed by atoms with Crippen molar-refractivity contribution in [3.05, 3.63) is 17.5 Å². The highest BCUT2D eigenvalue weighted by Crippen LogP contribution is 2.11. The minimum Gasteiger partial charge on any atom is -0.391 e. The van der Waals surface area contributed by atoms with E-state index in [0.29, 0.717) is 12.0 Å². The summed E-state index contributed by atoms with van der Waals surface area (Å²) in [4.78, 5) is 0. The lowest BCUT2D eigenvalue weighted by molar-refractivity contribution is 0.146. The van der Waals surface area contributed by atoms with Crippen LogP contribution in [0, 0.1) is 12.8 Å². The third-order valence-electron chi connectivity index (χ3n) is 3.57. The molecule has 3 N–H and O–H groups in total. The largest absolute Gasteiger partial charge is 0.391 e. The van der Waals surface area contributed by atoms with E-state index in [2.05, 4.69) is 35.8 Å². The Bertz CT molecular complexity index is 394. The number of aromatic nitrogens is 2. The van der Waals surface area contributed by atoms with Crippen LogP contribution >= 0.6 is 12.4 Å². The number of rotatable bonds is 5. The normalized spacial score (nSPS) is 22.8. The summed E-state index contributed by atoms with van der Waals surface area (Å²) in [6, 6.07) is 0.401. The number of aryl methyl sites for hydroxylation is 1. The standard InChI is InChI=1S/C13H24N4O.ClH/c1-9(2)17-8-12(10(3)16-17)6-14-4-11-5-15-7-13(11)18;/h8-9,11,13-15,18H,4-7H2,1-3H3;1H. The zero-order valence-corrected chi connectivity index (χ0v) is 12.7. The molecule has 1 aromatic rings. The Hall–Kier alpha value is -0.620. The fraction of sp³-hybridized carbons (Fsp3) is 0.769. The van der Waals surface area contributed by atoms with Crippen molar-refractivity contribution in [1.29, 1.82) is 0 Å². The summed E-state index contributed by atoms with van der Waals surface area (Å²) in [5.41, 5.74) is 2.32. The van der Waals surface area contributed by atoms with Crippen LogP contribution in [0.3, 0.4) is 0 Å². The predicted molar refractivity (Wildman–Crippen MR) is 78.7 cm³/mol. The smallest absolute Gasteiger partial charge is 0.0716 e. The van der Waals surface area contributed by atoms with Crippen LogP contribution in [0.2, 0.25) is 0 Å². The molecule has 2 rings (SSSR count). The van der Waals surface area contributed by atoms with Crippen molar-refractivity contribution in [3.8, 4) is 0 Å². The molecule has 1 aliphatic heterocycles. The first-order valence-electron chi connectivity index (χ1n) is 6.72. The minimum atomic E-state index is -0.211. The van der Waals surface area contributed by atoms with Crippen molar-refractivity contribution in [2.45, 2.75) is 39.5 Å². The molecule has 110 valence electrons. The number of aliphatic hydroxyl groups is 1. The van der Waals surface area contributed by atoms with Gasteiger partial charge in [0.1, 0.15) is 0 Å². The van der Waals surface area contributed by atoms with Crippen molar-refractivity contribution in [2.24, 2.45) is 5.92 Å². The van der Waals surface area contributed by atoms with Crippen LogP contribution < -0.4 is 10.6 Å². The lowest BCUT2D eigenvalue weighted by Crippen LogP contribution is -2.30. The van der Waals surface area contributed by atoms with Gasteiger partial charge >= 0.3 is 0 Å². The molecule has 2 unspecified atom stereocenters. The summed E-state index contributed by atoms with van der Waals surface area (Å²) < 4.78 is 2.00. The van der Waals surface area contributed by atoms with E-state index in [4.69, 9.17) is 0 Å². The summed E-state index contributed by atoms with van der Waals surface area (Å²) in [6.45, 7) is 9.59. The Morgan fingerprint density at radius 3 is 2.79 bits per heavy atom. The van der Waals surface area contributed by atoms with Crippen LogP contribution in [0.1, 0.15) is 31.1 Å². The number of β-amino-alcohol motifs (C(OH)–C–C–N with tert-alkyl or cyclic N) is 1. The van der Waals surface area contributed by atoms with Crippen molar-refractivity contribution >= 4 is 12.4 Å². The summed E-state index contributed by atoms with van der Waals surface area (Å²) >= 11 is 0. The van der Waals surface area contributed by atoms with Crippen LogP contribution in [0.25, 0.3) is 0 Å². The molecule has 1 aliphatic rings. The van der Waals surface area contributed by atoms with E-state index >= 15 is 0 Å². The molecule has 2 atom stereocenters. The maximum absolute atomic E-state index is 9.70. The van der Waals surface area contributed by atoms with Gasteiger partial charge in [0.05, 0.1) is 11.8 Å². The van der Waals surface area contributed by atoms with Gasteiger partial charge in [-0.05, 0) is 20.8 Å². The quantitative estimate of drug-likeness (QED) is 0.752. The highest BCUT2D eigenvalue weighted by atomic mass is 35.5. The highest BCUT2D eigenvalue weighted by molar-refractivity contribution is 5.85. The molecule has 2 heterocycles. The molecule has 0 aromatic carbocycles. The zero-order chi connectivity index (χ0) is 13.1. The maximum Gasteiger partial charge on any atom is 0.0716 e. The van der Waals surface area contributed by atoms with E-state index in [1.165, 1.54) is 5.56 Å². The van der Waals surface area contributed by atoms with E-state index in [0.717, 1.165) is 31.9 Å². The van der Waals surface area contributed by atoms with Crippen LogP contribution in [0.15, 0.2) is 6.20 Å². The molecule has 1 saturated heterocycles. The van der Waals surface area contributed by atoms with Crippen molar-refractivity contribution < 1.29 is 5.11 Å². The Morgan fingerprint density at radius 2 is 2.26 bits per heavy atom. The van der Waals surface area contributed by atoms with Gasteiger partial charge in [-0.1, -0.05) is 0 Å². The second-order valence-corrected chi connectivity index (χ2v) is 5.43. The van der Waals surface area contributed by atoms with E-state index in [9.17, 15) is 5.11 Å². The van der Waals surface area contributed by atoms with Gasteiger partial charge in [-0.25, -0.2) is 0 Å². The highest BCUT2D eigenvalue weighted by Gasteiger charge is 2.24. The molecular weight excluding hydrogens is 264 g/mol. The fourth-order valence-electron chi connectivity index (χ4n) is 2.28. The molecule has 0 radical (unpaired) electrons. The molecule has 1 aromatic heterocycles. The summed E-state index contributed by atoms with van der Waals surface area (Å²) in [6.07, 6.45) is 1.90. The van der Waals surface area contributed by atoms with Gasteiger partial charge in [-0.3, -0.25) is 4.68 Å². The van der Waals surface area contributed by atoms with Gasteiger partial charge in [0.15, 0.2) is 0 Å². The minimum absolute atomic E-state index is 0. The van der Waals surface area contributed by atoms with Gasteiger partial charge in [-0.15, -0.1) is 12.4 Å². The predicted octanol–water partition coefficient (Wildman–Crippen LogP) is 0.864. The summed E-state index contributed by atoms with van der Waals surface area (Å²) in [7, 11) is 0. The first-order valence-corrected chi connectivity index (χ1v) is 6.72. The Balaban J connectivity index is 0.00000180. The summed E-state index contributed by atoms with van der Waals surface area (Å²) in [5, 5.41) is 20.8. The van der Waals surface area contributed by atoms with Crippen LogP contribution in [-0.2, 0) is 6.54 Å². The van der Waals surface area contributed by atoms with Crippen LogP contribution in [0.4, 0.5) is 0 Å². The fourth-order valence-corrected chi connectivity index (χ4v) is 2.28. The Morgan fingerprint density at radius 1 is 1.53 bits per heavy atom. The van der Waals surface area contributed by atoms with Gasteiger partial charge in [0, 0.05) is 49.9 Å². The third kappa shape index (κ3) is 4.18. The number of halogens is 1. The lowest BCUT2D eigenvalue weighted by atomic mass is 10.1.